The highest BCUT2D eigenvalue weighted by Crippen LogP contribution is 2.18. The van der Waals surface area contributed by atoms with Crippen LogP contribution in [0.3, 0.4) is 0 Å². The van der Waals surface area contributed by atoms with Gasteiger partial charge in [-0.25, -0.2) is 0 Å². The van der Waals surface area contributed by atoms with Gasteiger partial charge in [0.25, 0.3) is 0 Å². The molecule has 5 heteroatoms. The predicted molar refractivity (Wildman–Crippen MR) is 150 cm³/mol. The molecule has 0 spiro atoms. The number of nitrogens with zero attached hydrogens (tertiary/aromatic N) is 1. The van der Waals surface area contributed by atoms with Crippen LogP contribution in [0.15, 0.2) is 0 Å². The Morgan fingerprint density at radius 2 is 1.26 bits per heavy atom. The van der Waals surface area contributed by atoms with Crippen LogP contribution in [-0.2, 0) is 14.3 Å². The second kappa shape index (κ2) is 26.0. The van der Waals surface area contributed by atoms with Gasteiger partial charge in [0.15, 0.2) is 0 Å². The third-order valence-electron chi connectivity index (χ3n) is 7.06. The molecule has 0 saturated carbocycles. The summed E-state index contributed by atoms with van der Waals surface area (Å²) in [6.45, 7) is 13.4. The van der Waals surface area contributed by atoms with Crippen molar-refractivity contribution in [3.63, 3.8) is 0 Å². The first-order valence-electron chi connectivity index (χ1n) is 15.2. The largest absolute Gasteiger partial charge is 0.465 e. The van der Waals surface area contributed by atoms with E-state index in [9.17, 15) is 9.59 Å². The van der Waals surface area contributed by atoms with Crippen LogP contribution < -0.4 is 5.32 Å². The molecule has 0 aromatic heterocycles. The van der Waals surface area contributed by atoms with Gasteiger partial charge in [-0.15, -0.1) is 0 Å². The first-order valence-corrected chi connectivity index (χ1v) is 15.2. The highest BCUT2D eigenvalue weighted by molar-refractivity contribution is 5.75. The highest BCUT2D eigenvalue weighted by Gasteiger charge is 2.12. The Morgan fingerprint density at radius 1 is 0.686 bits per heavy atom. The number of unbranched alkanes of at least 4 members (excludes halogenated alkanes) is 10. The van der Waals surface area contributed by atoms with Crippen molar-refractivity contribution in [1.82, 2.24) is 10.2 Å². The standard InChI is InChI=1S/C30H60N2O3/c1-5-9-11-17-22-28(21-10-6-2)27-35-30(34)24-19-16-14-12-13-15-18-23-29(33)31-25-20-26-32(7-3)8-4/h28H,5-27H2,1-4H3,(H,31,33). The fourth-order valence-corrected chi connectivity index (χ4v) is 4.54. The van der Waals surface area contributed by atoms with Crippen molar-refractivity contribution in [3.8, 4) is 0 Å². The molecule has 0 saturated heterocycles. The molecule has 0 aliphatic carbocycles. The third kappa shape index (κ3) is 23.1. The van der Waals surface area contributed by atoms with E-state index in [1.807, 2.05) is 0 Å². The number of hydrogen-bond donors (Lipinski definition) is 1. The molecule has 5 nitrogen and oxygen atoms in total. The van der Waals surface area contributed by atoms with Gasteiger partial charge in [-0.2, -0.15) is 0 Å². The fraction of sp³-hybridized carbons (Fsp3) is 0.933. The van der Waals surface area contributed by atoms with E-state index in [-0.39, 0.29) is 11.9 Å². The Kier molecular flexibility index (Phi) is 25.2. The van der Waals surface area contributed by atoms with E-state index in [4.69, 9.17) is 4.74 Å². The van der Waals surface area contributed by atoms with Crippen LogP contribution in [-0.4, -0.2) is 49.6 Å². The lowest BCUT2D eigenvalue weighted by Crippen LogP contribution is -2.29. The van der Waals surface area contributed by atoms with Crippen LogP contribution in [0.25, 0.3) is 0 Å². The Labute approximate surface area is 218 Å². The zero-order chi connectivity index (χ0) is 26.0. The van der Waals surface area contributed by atoms with Crippen molar-refractivity contribution in [3.05, 3.63) is 0 Å². The van der Waals surface area contributed by atoms with Gasteiger partial charge in [0.05, 0.1) is 6.61 Å². The Bertz CT molecular complexity index is 480. The summed E-state index contributed by atoms with van der Waals surface area (Å²) in [6.07, 6.45) is 19.9. The summed E-state index contributed by atoms with van der Waals surface area (Å²) in [5.41, 5.74) is 0. The van der Waals surface area contributed by atoms with Crippen LogP contribution >= 0.6 is 0 Å². The van der Waals surface area contributed by atoms with Crippen molar-refractivity contribution >= 4 is 11.9 Å². The molecule has 0 rings (SSSR count). The number of hydrogen-bond acceptors (Lipinski definition) is 4. The van der Waals surface area contributed by atoms with E-state index in [1.165, 1.54) is 70.6 Å². The molecule has 0 aromatic carbocycles. The average molecular weight is 497 g/mol. The lowest BCUT2D eigenvalue weighted by molar-refractivity contribution is -0.145. The number of carbonyl (C=O) groups is 2. The quantitative estimate of drug-likeness (QED) is 0.0986. The Balaban J connectivity index is 3.61. The maximum atomic E-state index is 12.1. The van der Waals surface area contributed by atoms with Crippen molar-refractivity contribution in [1.29, 1.82) is 0 Å². The van der Waals surface area contributed by atoms with Crippen LogP contribution in [0.1, 0.15) is 143 Å². The number of esters is 1. The second-order valence-corrected chi connectivity index (χ2v) is 10.2. The summed E-state index contributed by atoms with van der Waals surface area (Å²) >= 11 is 0. The average Bonchev–Trinajstić information content (AvgIpc) is 2.86. The van der Waals surface area contributed by atoms with Gasteiger partial charge in [0.2, 0.25) is 5.91 Å². The van der Waals surface area contributed by atoms with E-state index in [0.29, 0.717) is 25.4 Å². The van der Waals surface area contributed by atoms with Gasteiger partial charge < -0.3 is 15.0 Å². The summed E-state index contributed by atoms with van der Waals surface area (Å²) in [7, 11) is 0. The maximum Gasteiger partial charge on any atom is 0.305 e. The zero-order valence-electron chi connectivity index (χ0n) is 24.0. The van der Waals surface area contributed by atoms with E-state index >= 15 is 0 Å². The minimum absolute atomic E-state index is 0.0110. The molecule has 1 amide bonds. The first kappa shape index (κ1) is 33.9. The van der Waals surface area contributed by atoms with Crippen molar-refractivity contribution in [2.45, 2.75) is 143 Å². The van der Waals surface area contributed by atoms with Crippen LogP contribution in [0.5, 0.6) is 0 Å². The normalized spacial score (nSPS) is 12.1. The Morgan fingerprint density at radius 3 is 1.89 bits per heavy atom. The smallest absolute Gasteiger partial charge is 0.305 e. The predicted octanol–water partition coefficient (Wildman–Crippen LogP) is 7.67. The molecule has 0 radical (unpaired) electrons. The molecule has 0 fully saturated rings. The summed E-state index contributed by atoms with van der Waals surface area (Å²) < 4.78 is 5.62. The van der Waals surface area contributed by atoms with Crippen molar-refractivity contribution in [2.75, 3.05) is 32.8 Å². The molecule has 0 aliphatic heterocycles. The van der Waals surface area contributed by atoms with Gasteiger partial charge in [-0.1, -0.05) is 98.3 Å². The van der Waals surface area contributed by atoms with E-state index in [2.05, 4.69) is 37.9 Å². The van der Waals surface area contributed by atoms with Crippen LogP contribution in [0.2, 0.25) is 0 Å². The van der Waals surface area contributed by atoms with Gasteiger partial charge in [-0.3, -0.25) is 9.59 Å². The zero-order valence-corrected chi connectivity index (χ0v) is 24.0. The van der Waals surface area contributed by atoms with Crippen LogP contribution in [0, 0.1) is 5.92 Å². The van der Waals surface area contributed by atoms with Crippen molar-refractivity contribution in [2.24, 2.45) is 5.92 Å². The van der Waals surface area contributed by atoms with Gasteiger partial charge in [-0.05, 0) is 57.7 Å². The molecule has 0 bridgehead atoms. The lowest BCUT2D eigenvalue weighted by Gasteiger charge is -2.17. The molecule has 35 heavy (non-hydrogen) atoms. The number of amides is 1. The number of carbonyl (C=O) groups excluding carboxylic acids is 2. The highest BCUT2D eigenvalue weighted by atomic mass is 16.5. The molecular formula is C30H60N2O3. The summed E-state index contributed by atoms with van der Waals surface area (Å²) in [5, 5.41) is 3.05. The monoisotopic (exact) mass is 496 g/mol. The topological polar surface area (TPSA) is 58.6 Å². The first-order chi connectivity index (χ1) is 17.1. The number of nitrogens with one attached hydrogen (secondary N) is 1. The molecule has 0 aliphatic rings. The van der Waals surface area contributed by atoms with Gasteiger partial charge in [0.1, 0.15) is 0 Å². The number of ether oxygens (including phenoxy) is 1. The minimum Gasteiger partial charge on any atom is -0.465 e. The SMILES string of the molecule is CCCCCCC(CCCC)COC(=O)CCCCCCCCCC(=O)NCCCN(CC)CC. The van der Waals surface area contributed by atoms with E-state index in [1.54, 1.807) is 0 Å². The minimum atomic E-state index is -0.0110. The molecule has 1 unspecified atom stereocenters. The Hall–Kier alpha value is -1.10. The van der Waals surface area contributed by atoms with Crippen LogP contribution in [0.4, 0.5) is 0 Å². The molecule has 0 heterocycles. The lowest BCUT2D eigenvalue weighted by atomic mass is 9.96. The summed E-state index contributed by atoms with van der Waals surface area (Å²) in [6, 6.07) is 0. The van der Waals surface area contributed by atoms with Gasteiger partial charge >= 0.3 is 5.97 Å². The molecule has 1 N–H and O–H groups in total. The molecule has 208 valence electrons. The van der Waals surface area contributed by atoms with Crippen molar-refractivity contribution < 1.29 is 14.3 Å². The molecular weight excluding hydrogens is 436 g/mol. The van der Waals surface area contributed by atoms with E-state index in [0.717, 1.165) is 58.3 Å². The van der Waals surface area contributed by atoms with Gasteiger partial charge in [0, 0.05) is 19.4 Å². The summed E-state index contributed by atoms with van der Waals surface area (Å²) in [4.78, 5) is 26.4. The maximum absolute atomic E-state index is 12.1. The summed E-state index contributed by atoms with van der Waals surface area (Å²) in [5.74, 6) is 0.731. The molecule has 1 atom stereocenters. The van der Waals surface area contributed by atoms with E-state index < -0.39 is 0 Å². The fourth-order valence-electron chi connectivity index (χ4n) is 4.54. The third-order valence-corrected chi connectivity index (χ3v) is 7.06. The number of rotatable bonds is 26. The molecule has 0 aromatic rings. The second-order valence-electron chi connectivity index (χ2n) is 10.2.